The van der Waals surface area contributed by atoms with Gasteiger partial charge in [-0.15, -0.1) is 11.3 Å². The number of nitrogens with one attached hydrogen (secondary N) is 2. The second-order valence-corrected chi connectivity index (χ2v) is 9.87. The van der Waals surface area contributed by atoms with E-state index in [1.165, 1.54) is 11.3 Å². The Hall–Kier alpha value is -4.25. The molecule has 1 fully saturated rings. The third kappa shape index (κ3) is 7.87. The molecule has 2 heterocycles. The number of Topliss-reactive ketones (excluding diaryl/α,β-unsaturated/α-hetero) is 1. The predicted octanol–water partition coefficient (Wildman–Crippen LogP) is 3.36. The summed E-state index contributed by atoms with van der Waals surface area (Å²) in [6.45, 7) is 0.900. The molecule has 1 saturated heterocycles. The molecule has 4 rings (SSSR count). The summed E-state index contributed by atoms with van der Waals surface area (Å²) in [6, 6.07) is 15.8. The van der Waals surface area contributed by atoms with Gasteiger partial charge in [-0.3, -0.25) is 30.0 Å². The Kier molecular flexibility index (Phi) is 9.63. The van der Waals surface area contributed by atoms with Crippen LogP contribution in [0.25, 0.3) is 0 Å². The normalized spacial score (nSPS) is 13.4. The maximum Gasteiger partial charge on any atom is 0.289 e. The number of ketones is 1. The number of likely N-dealkylation sites (tertiary alicyclic amines) is 1. The molecule has 1 aliphatic rings. The SMILES string of the molecule is COc1ccc(C(=O)CCC(=O)N2CCC(c3nc(C(=O)NNC(=O)COc4ccccc4)cs3)CC2)cc1. The first-order chi connectivity index (χ1) is 18.9. The zero-order valence-electron chi connectivity index (χ0n) is 21.6. The van der Waals surface area contributed by atoms with E-state index in [0.29, 0.717) is 30.2 Å². The van der Waals surface area contributed by atoms with E-state index >= 15 is 0 Å². The number of hydrazine groups is 1. The van der Waals surface area contributed by atoms with Gasteiger partial charge < -0.3 is 14.4 Å². The van der Waals surface area contributed by atoms with Crippen LogP contribution in [0.15, 0.2) is 60.0 Å². The molecule has 3 aromatic rings. The molecule has 1 aliphatic heterocycles. The van der Waals surface area contributed by atoms with E-state index in [2.05, 4.69) is 15.8 Å². The maximum atomic E-state index is 12.7. The zero-order chi connectivity index (χ0) is 27.6. The van der Waals surface area contributed by atoms with Crippen molar-refractivity contribution in [2.24, 2.45) is 0 Å². The zero-order valence-corrected chi connectivity index (χ0v) is 22.4. The van der Waals surface area contributed by atoms with Gasteiger partial charge in [0.25, 0.3) is 11.8 Å². The van der Waals surface area contributed by atoms with Crippen molar-refractivity contribution >= 4 is 34.8 Å². The van der Waals surface area contributed by atoms with Crippen LogP contribution in [0.2, 0.25) is 0 Å². The Labute approximate surface area is 230 Å². The van der Waals surface area contributed by atoms with Gasteiger partial charge in [0.05, 0.1) is 12.1 Å². The van der Waals surface area contributed by atoms with Crippen molar-refractivity contribution in [1.29, 1.82) is 0 Å². The number of benzene rings is 2. The number of nitrogens with zero attached hydrogens (tertiary/aromatic N) is 2. The highest BCUT2D eigenvalue weighted by Gasteiger charge is 2.26. The van der Waals surface area contributed by atoms with E-state index in [-0.39, 0.29) is 42.8 Å². The summed E-state index contributed by atoms with van der Waals surface area (Å²) in [7, 11) is 1.57. The molecule has 11 heteroatoms. The number of carbonyl (C=O) groups is 4. The molecule has 0 spiro atoms. The molecular formula is C28H30N4O6S. The van der Waals surface area contributed by atoms with Crippen molar-refractivity contribution in [2.75, 3.05) is 26.8 Å². The van der Waals surface area contributed by atoms with Crippen LogP contribution < -0.4 is 20.3 Å². The van der Waals surface area contributed by atoms with Crippen LogP contribution in [0.3, 0.4) is 0 Å². The van der Waals surface area contributed by atoms with Gasteiger partial charge >= 0.3 is 0 Å². The van der Waals surface area contributed by atoms with E-state index < -0.39 is 11.8 Å². The quantitative estimate of drug-likeness (QED) is 0.293. The number of ether oxygens (including phenoxy) is 2. The lowest BCUT2D eigenvalue weighted by Gasteiger charge is -2.31. The molecule has 2 N–H and O–H groups in total. The van der Waals surface area contributed by atoms with Crippen LogP contribution in [-0.2, 0) is 9.59 Å². The number of carbonyl (C=O) groups excluding carboxylic acids is 4. The molecule has 0 radical (unpaired) electrons. The molecule has 0 bridgehead atoms. The molecule has 0 atom stereocenters. The number of aromatic nitrogens is 1. The Morgan fingerprint density at radius 3 is 2.36 bits per heavy atom. The van der Waals surface area contributed by atoms with Gasteiger partial charge in [0.15, 0.2) is 12.4 Å². The third-order valence-electron chi connectivity index (χ3n) is 6.36. The number of methoxy groups -OCH3 is 1. The fourth-order valence-electron chi connectivity index (χ4n) is 4.15. The molecule has 204 valence electrons. The first-order valence-corrected chi connectivity index (χ1v) is 13.5. The van der Waals surface area contributed by atoms with Crippen LogP contribution in [0.5, 0.6) is 11.5 Å². The summed E-state index contributed by atoms with van der Waals surface area (Å²) in [5.41, 5.74) is 5.45. The Balaban J connectivity index is 1.17. The Bertz CT molecular complexity index is 1290. The van der Waals surface area contributed by atoms with E-state index in [4.69, 9.17) is 9.47 Å². The lowest BCUT2D eigenvalue weighted by Crippen LogP contribution is -2.44. The van der Waals surface area contributed by atoms with Crippen molar-refractivity contribution in [3.63, 3.8) is 0 Å². The van der Waals surface area contributed by atoms with Crippen molar-refractivity contribution in [1.82, 2.24) is 20.7 Å². The lowest BCUT2D eigenvalue weighted by atomic mass is 9.97. The summed E-state index contributed by atoms with van der Waals surface area (Å²) in [4.78, 5) is 55.7. The molecule has 0 aliphatic carbocycles. The first-order valence-electron chi connectivity index (χ1n) is 12.6. The van der Waals surface area contributed by atoms with Crippen molar-refractivity contribution < 1.29 is 28.7 Å². The summed E-state index contributed by atoms with van der Waals surface area (Å²) in [5.74, 6) is 0.240. The van der Waals surface area contributed by atoms with Gasteiger partial charge in [0, 0.05) is 42.8 Å². The number of para-hydroxylation sites is 1. The highest BCUT2D eigenvalue weighted by atomic mass is 32.1. The van der Waals surface area contributed by atoms with Gasteiger partial charge in [-0.05, 0) is 49.2 Å². The Morgan fingerprint density at radius 1 is 0.949 bits per heavy atom. The maximum absolute atomic E-state index is 12.7. The van der Waals surface area contributed by atoms with Gasteiger partial charge in [-0.1, -0.05) is 18.2 Å². The lowest BCUT2D eigenvalue weighted by molar-refractivity contribution is -0.132. The van der Waals surface area contributed by atoms with Crippen molar-refractivity contribution in [3.8, 4) is 11.5 Å². The number of thiazole rings is 1. The highest BCUT2D eigenvalue weighted by Crippen LogP contribution is 2.30. The smallest absolute Gasteiger partial charge is 0.289 e. The van der Waals surface area contributed by atoms with Gasteiger partial charge in [-0.25, -0.2) is 4.98 Å². The molecule has 10 nitrogen and oxygen atoms in total. The fraction of sp³-hybridized carbons (Fsp3) is 0.321. The number of hydrogen-bond donors (Lipinski definition) is 2. The van der Waals surface area contributed by atoms with E-state index in [0.717, 1.165) is 17.8 Å². The minimum atomic E-state index is -0.514. The molecular weight excluding hydrogens is 520 g/mol. The minimum absolute atomic E-state index is 0.0403. The average Bonchev–Trinajstić information content (AvgIpc) is 3.48. The average molecular weight is 551 g/mol. The third-order valence-corrected chi connectivity index (χ3v) is 7.37. The minimum Gasteiger partial charge on any atom is -0.497 e. The topological polar surface area (TPSA) is 127 Å². The number of rotatable bonds is 10. The van der Waals surface area contributed by atoms with Crippen molar-refractivity contribution in [2.45, 2.75) is 31.6 Å². The van der Waals surface area contributed by atoms with Gasteiger partial charge in [-0.2, -0.15) is 0 Å². The van der Waals surface area contributed by atoms with Gasteiger partial charge in [0.2, 0.25) is 5.91 Å². The number of amides is 3. The number of hydrogen-bond acceptors (Lipinski definition) is 8. The second kappa shape index (κ2) is 13.5. The van der Waals surface area contributed by atoms with Crippen LogP contribution >= 0.6 is 11.3 Å². The van der Waals surface area contributed by atoms with Crippen LogP contribution in [0, 0.1) is 0 Å². The molecule has 0 unspecified atom stereocenters. The molecule has 39 heavy (non-hydrogen) atoms. The first kappa shape index (κ1) is 27.8. The van der Waals surface area contributed by atoms with E-state index in [9.17, 15) is 19.2 Å². The second-order valence-electron chi connectivity index (χ2n) is 8.98. The summed E-state index contributed by atoms with van der Waals surface area (Å²) in [5, 5.41) is 2.47. The predicted molar refractivity (Wildman–Crippen MR) is 145 cm³/mol. The number of piperidine rings is 1. The van der Waals surface area contributed by atoms with E-state index in [1.807, 2.05) is 6.07 Å². The summed E-state index contributed by atoms with van der Waals surface area (Å²) < 4.78 is 10.4. The largest absolute Gasteiger partial charge is 0.497 e. The van der Waals surface area contributed by atoms with Gasteiger partial charge in [0.1, 0.15) is 17.2 Å². The van der Waals surface area contributed by atoms with Crippen molar-refractivity contribution in [3.05, 3.63) is 76.2 Å². The molecule has 2 aromatic carbocycles. The van der Waals surface area contributed by atoms with Crippen LogP contribution in [-0.4, -0.2) is 60.2 Å². The van der Waals surface area contributed by atoms with Crippen LogP contribution in [0.1, 0.15) is 57.5 Å². The summed E-state index contributed by atoms with van der Waals surface area (Å²) >= 11 is 1.38. The highest BCUT2D eigenvalue weighted by molar-refractivity contribution is 7.09. The Morgan fingerprint density at radius 2 is 1.67 bits per heavy atom. The monoisotopic (exact) mass is 550 g/mol. The molecule has 1 aromatic heterocycles. The standard InChI is InChI=1S/C28H30N4O6S/c1-37-21-9-7-19(8-10-21)24(33)11-12-26(35)32-15-13-20(14-16-32)28-29-23(18-39-28)27(36)31-30-25(34)17-38-22-5-3-2-4-6-22/h2-10,18,20H,11-17H2,1H3,(H,30,34)(H,31,36). The molecule has 3 amide bonds. The summed E-state index contributed by atoms with van der Waals surface area (Å²) in [6.07, 6.45) is 1.77. The van der Waals surface area contributed by atoms with E-state index in [1.54, 1.807) is 65.9 Å². The van der Waals surface area contributed by atoms with Crippen LogP contribution in [0.4, 0.5) is 0 Å². The fourth-order valence-corrected chi connectivity index (χ4v) is 5.12. The molecule has 0 saturated carbocycles.